The molecule has 1 amide bonds. The van der Waals surface area contributed by atoms with E-state index in [1.54, 1.807) is 0 Å². The van der Waals surface area contributed by atoms with Crippen molar-refractivity contribution in [2.45, 2.75) is 32.6 Å². The van der Waals surface area contributed by atoms with Crippen molar-refractivity contribution in [2.75, 3.05) is 31.6 Å². The molecule has 2 rings (SSSR count). The second-order valence-corrected chi connectivity index (χ2v) is 5.20. The summed E-state index contributed by atoms with van der Waals surface area (Å²) in [5, 5.41) is 2.95. The van der Waals surface area contributed by atoms with Crippen molar-refractivity contribution < 1.29 is 9.53 Å². The van der Waals surface area contributed by atoms with Crippen molar-refractivity contribution in [3.8, 4) is 5.75 Å². The predicted molar refractivity (Wildman–Crippen MR) is 81.1 cm³/mol. The number of hydrogen-bond acceptors (Lipinski definition) is 3. The molecule has 1 aromatic rings. The summed E-state index contributed by atoms with van der Waals surface area (Å²) in [4.78, 5) is 14.3. The first kappa shape index (κ1) is 14.9. The maximum atomic E-state index is 12.1. The number of likely N-dealkylation sites (tertiary alicyclic amines) is 1. The van der Waals surface area contributed by atoms with E-state index in [1.807, 2.05) is 31.2 Å². The molecule has 1 saturated heterocycles. The molecule has 110 valence electrons. The van der Waals surface area contributed by atoms with E-state index >= 15 is 0 Å². The number of ether oxygens (including phenoxy) is 1. The number of nitrogens with zero attached hydrogens (tertiary/aromatic N) is 1. The van der Waals surface area contributed by atoms with Gasteiger partial charge >= 0.3 is 0 Å². The molecular formula is C16H24N2O2. The number of carbonyl (C=O) groups is 1. The Morgan fingerprint density at radius 1 is 1.25 bits per heavy atom. The Morgan fingerprint density at radius 2 is 2.00 bits per heavy atom. The molecule has 0 aliphatic carbocycles. The minimum absolute atomic E-state index is 0.0561. The topological polar surface area (TPSA) is 41.6 Å². The Kier molecular flexibility index (Phi) is 5.87. The average Bonchev–Trinajstić information content (AvgIpc) is 2.68. The maximum Gasteiger partial charge on any atom is 0.238 e. The van der Waals surface area contributed by atoms with Gasteiger partial charge in [0, 0.05) is 11.8 Å². The first-order valence-corrected chi connectivity index (χ1v) is 7.53. The normalized spacial score (nSPS) is 16.4. The molecule has 0 atom stereocenters. The number of carbonyl (C=O) groups excluding carboxylic acids is 1. The van der Waals surface area contributed by atoms with E-state index in [4.69, 9.17) is 4.74 Å². The molecule has 4 nitrogen and oxygen atoms in total. The van der Waals surface area contributed by atoms with Crippen LogP contribution in [0.2, 0.25) is 0 Å². The van der Waals surface area contributed by atoms with Crippen LogP contribution in [0.4, 0.5) is 5.69 Å². The minimum atomic E-state index is 0.0561. The summed E-state index contributed by atoms with van der Waals surface area (Å²) in [6, 6.07) is 7.55. The van der Waals surface area contributed by atoms with E-state index in [1.165, 1.54) is 25.7 Å². The van der Waals surface area contributed by atoms with E-state index < -0.39 is 0 Å². The zero-order chi connectivity index (χ0) is 14.2. The molecule has 1 N–H and O–H groups in total. The van der Waals surface area contributed by atoms with Gasteiger partial charge in [0.2, 0.25) is 5.91 Å². The Morgan fingerprint density at radius 3 is 2.70 bits per heavy atom. The molecule has 0 spiro atoms. The number of hydrogen-bond donors (Lipinski definition) is 1. The van der Waals surface area contributed by atoms with E-state index in [2.05, 4.69) is 10.2 Å². The van der Waals surface area contributed by atoms with Gasteiger partial charge in [0.15, 0.2) is 0 Å². The van der Waals surface area contributed by atoms with Crippen molar-refractivity contribution in [3.63, 3.8) is 0 Å². The lowest BCUT2D eigenvalue weighted by Crippen LogP contribution is -2.33. The first-order valence-electron chi connectivity index (χ1n) is 7.53. The lowest BCUT2D eigenvalue weighted by Gasteiger charge is -2.19. The van der Waals surface area contributed by atoms with Crippen molar-refractivity contribution in [2.24, 2.45) is 0 Å². The van der Waals surface area contributed by atoms with Crippen LogP contribution >= 0.6 is 0 Å². The van der Waals surface area contributed by atoms with E-state index in [-0.39, 0.29) is 5.91 Å². The van der Waals surface area contributed by atoms with Gasteiger partial charge in [0.1, 0.15) is 5.75 Å². The van der Waals surface area contributed by atoms with Crippen LogP contribution in [0.5, 0.6) is 5.75 Å². The Bertz CT molecular complexity index is 426. The predicted octanol–water partition coefficient (Wildman–Crippen LogP) is 2.90. The largest absolute Gasteiger partial charge is 0.494 e. The number of benzene rings is 1. The monoisotopic (exact) mass is 276 g/mol. The first-order chi connectivity index (χ1) is 9.78. The van der Waals surface area contributed by atoms with Crippen LogP contribution in [0.25, 0.3) is 0 Å². The summed E-state index contributed by atoms with van der Waals surface area (Å²) < 4.78 is 5.43. The van der Waals surface area contributed by atoms with Crippen LogP contribution in [0.15, 0.2) is 24.3 Å². The lowest BCUT2D eigenvalue weighted by molar-refractivity contribution is -0.117. The van der Waals surface area contributed by atoms with Crippen LogP contribution in [-0.2, 0) is 4.79 Å². The quantitative estimate of drug-likeness (QED) is 0.899. The van der Waals surface area contributed by atoms with Gasteiger partial charge in [-0.05, 0) is 45.0 Å². The molecule has 0 bridgehead atoms. The van der Waals surface area contributed by atoms with Gasteiger partial charge in [-0.1, -0.05) is 18.9 Å². The standard InChI is InChI=1S/C16H24N2O2/c1-2-20-15-9-7-8-14(12-15)17-16(19)13-18-10-5-3-4-6-11-18/h7-9,12H,2-6,10-11,13H2,1H3,(H,17,19). The highest BCUT2D eigenvalue weighted by atomic mass is 16.5. The molecule has 1 aliphatic rings. The minimum Gasteiger partial charge on any atom is -0.494 e. The SMILES string of the molecule is CCOc1cccc(NC(=O)CN2CCCCCC2)c1. The maximum absolute atomic E-state index is 12.1. The molecule has 4 heteroatoms. The van der Waals surface area contributed by atoms with Crippen LogP contribution in [0, 0.1) is 0 Å². The highest BCUT2D eigenvalue weighted by Crippen LogP contribution is 2.17. The zero-order valence-corrected chi connectivity index (χ0v) is 12.2. The van der Waals surface area contributed by atoms with Crippen molar-refractivity contribution in [3.05, 3.63) is 24.3 Å². The molecule has 0 saturated carbocycles. The third-order valence-corrected chi connectivity index (χ3v) is 3.49. The number of nitrogens with one attached hydrogen (secondary N) is 1. The lowest BCUT2D eigenvalue weighted by atomic mass is 10.2. The summed E-state index contributed by atoms with van der Waals surface area (Å²) >= 11 is 0. The van der Waals surface area contributed by atoms with Gasteiger partial charge in [-0.25, -0.2) is 0 Å². The molecule has 0 unspecified atom stereocenters. The second kappa shape index (κ2) is 7.90. The fourth-order valence-corrected chi connectivity index (χ4v) is 2.53. The molecular weight excluding hydrogens is 252 g/mol. The van der Waals surface area contributed by atoms with Crippen molar-refractivity contribution >= 4 is 11.6 Å². The van der Waals surface area contributed by atoms with Crippen molar-refractivity contribution in [1.29, 1.82) is 0 Å². The summed E-state index contributed by atoms with van der Waals surface area (Å²) in [7, 11) is 0. The van der Waals surface area contributed by atoms with Gasteiger partial charge in [-0.3, -0.25) is 9.69 Å². The van der Waals surface area contributed by atoms with Gasteiger partial charge in [0.05, 0.1) is 13.2 Å². The van der Waals surface area contributed by atoms with Crippen LogP contribution < -0.4 is 10.1 Å². The fourth-order valence-electron chi connectivity index (χ4n) is 2.53. The number of amides is 1. The molecule has 1 aliphatic heterocycles. The van der Waals surface area contributed by atoms with Gasteiger partial charge < -0.3 is 10.1 Å². The van der Waals surface area contributed by atoms with E-state index in [0.29, 0.717) is 13.2 Å². The molecule has 0 aromatic heterocycles. The Hall–Kier alpha value is -1.55. The van der Waals surface area contributed by atoms with Crippen LogP contribution in [-0.4, -0.2) is 37.0 Å². The van der Waals surface area contributed by atoms with Crippen LogP contribution in [0.1, 0.15) is 32.6 Å². The van der Waals surface area contributed by atoms with Gasteiger partial charge in [0.25, 0.3) is 0 Å². The van der Waals surface area contributed by atoms with E-state index in [0.717, 1.165) is 24.5 Å². The highest BCUT2D eigenvalue weighted by Gasteiger charge is 2.13. The molecule has 20 heavy (non-hydrogen) atoms. The molecule has 1 fully saturated rings. The summed E-state index contributed by atoms with van der Waals surface area (Å²) in [5.41, 5.74) is 0.802. The number of anilines is 1. The van der Waals surface area contributed by atoms with Crippen LogP contribution in [0.3, 0.4) is 0 Å². The Balaban J connectivity index is 1.85. The fraction of sp³-hybridized carbons (Fsp3) is 0.562. The zero-order valence-electron chi connectivity index (χ0n) is 12.2. The summed E-state index contributed by atoms with van der Waals surface area (Å²) in [5.74, 6) is 0.848. The Labute approximate surface area is 121 Å². The third-order valence-electron chi connectivity index (χ3n) is 3.49. The number of rotatable bonds is 5. The van der Waals surface area contributed by atoms with Gasteiger partial charge in [-0.15, -0.1) is 0 Å². The smallest absolute Gasteiger partial charge is 0.238 e. The van der Waals surface area contributed by atoms with Gasteiger partial charge in [-0.2, -0.15) is 0 Å². The average molecular weight is 276 g/mol. The molecule has 1 heterocycles. The molecule has 1 aromatic carbocycles. The molecule has 0 radical (unpaired) electrons. The van der Waals surface area contributed by atoms with Crippen molar-refractivity contribution in [1.82, 2.24) is 4.90 Å². The second-order valence-electron chi connectivity index (χ2n) is 5.20. The summed E-state index contributed by atoms with van der Waals surface area (Å²) in [6.45, 7) is 5.13. The third kappa shape index (κ3) is 4.85. The van der Waals surface area contributed by atoms with E-state index in [9.17, 15) is 4.79 Å². The highest BCUT2D eigenvalue weighted by molar-refractivity contribution is 5.92. The summed E-state index contributed by atoms with van der Waals surface area (Å²) in [6.07, 6.45) is 4.98.